The Balaban J connectivity index is 1.94. The molecule has 0 bridgehead atoms. The van der Waals surface area contributed by atoms with E-state index < -0.39 is 6.10 Å². The molecule has 1 unspecified atom stereocenters. The third-order valence-corrected chi connectivity index (χ3v) is 2.35. The minimum atomic E-state index is -0.898. The van der Waals surface area contributed by atoms with Gasteiger partial charge in [-0.15, -0.1) is 0 Å². The van der Waals surface area contributed by atoms with Crippen molar-refractivity contribution in [1.82, 2.24) is 0 Å². The number of halogens is 1. The van der Waals surface area contributed by atoms with Gasteiger partial charge < -0.3 is 19.4 Å². The summed E-state index contributed by atoms with van der Waals surface area (Å²) in [5.74, 6) is 0.926. The summed E-state index contributed by atoms with van der Waals surface area (Å²) in [5.41, 5.74) is 0. The Hall–Kier alpha value is -1.65. The predicted molar refractivity (Wildman–Crippen MR) is 62.3 cm³/mol. The normalized spacial score (nSPS) is 12.4. The van der Waals surface area contributed by atoms with E-state index in [2.05, 4.69) is 0 Å². The molecule has 0 radical (unpaired) electrons. The second kappa shape index (κ2) is 5.12. The molecule has 0 saturated heterocycles. The fourth-order valence-electron chi connectivity index (χ4n) is 1.34. The van der Waals surface area contributed by atoms with Gasteiger partial charge in [0.25, 0.3) is 0 Å². The van der Waals surface area contributed by atoms with E-state index >= 15 is 0 Å². The Morgan fingerprint density at radius 1 is 1.29 bits per heavy atom. The summed E-state index contributed by atoms with van der Waals surface area (Å²) >= 11 is 5.59. The van der Waals surface area contributed by atoms with Crippen LogP contribution in [0.25, 0.3) is 0 Å². The maximum absolute atomic E-state index is 9.72. The van der Waals surface area contributed by atoms with Gasteiger partial charge in [0.05, 0.1) is 0 Å². The second-order valence-electron chi connectivity index (χ2n) is 3.47. The molecular formula is C12H11ClO4. The highest BCUT2D eigenvalue weighted by atomic mass is 35.5. The number of furan rings is 1. The number of aliphatic hydroxyl groups is 1. The van der Waals surface area contributed by atoms with Crippen molar-refractivity contribution >= 4 is 11.6 Å². The number of ether oxygens (including phenoxy) is 1. The molecule has 0 aliphatic carbocycles. The highest BCUT2D eigenvalue weighted by Gasteiger charge is 2.12. The van der Waals surface area contributed by atoms with E-state index in [4.69, 9.17) is 20.8 Å². The van der Waals surface area contributed by atoms with Crippen molar-refractivity contribution in [2.45, 2.75) is 6.10 Å². The smallest absolute Gasteiger partial charge is 0.193 e. The molecule has 90 valence electrons. The number of hydrogen-bond acceptors (Lipinski definition) is 4. The minimum Gasteiger partial charge on any atom is -0.508 e. The summed E-state index contributed by atoms with van der Waals surface area (Å²) in [5, 5.41) is 19.2. The number of phenols is 1. The van der Waals surface area contributed by atoms with Gasteiger partial charge in [0.1, 0.15) is 30.0 Å². The molecule has 17 heavy (non-hydrogen) atoms. The molecule has 1 aromatic carbocycles. The van der Waals surface area contributed by atoms with E-state index in [1.807, 2.05) is 0 Å². The van der Waals surface area contributed by atoms with Crippen molar-refractivity contribution in [2.24, 2.45) is 0 Å². The minimum absolute atomic E-state index is 0.0211. The monoisotopic (exact) mass is 254 g/mol. The van der Waals surface area contributed by atoms with E-state index in [1.54, 1.807) is 24.3 Å². The topological polar surface area (TPSA) is 62.8 Å². The maximum atomic E-state index is 9.72. The first-order valence-corrected chi connectivity index (χ1v) is 5.38. The average molecular weight is 255 g/mol. The largest absolute Gasteiger partial charge is 0.508 e. The van der Waals surface area contributed by atoms with Gasteiger partial charge in [0.15, 0.2) is 5.22 Å². The molecule has 2 aromatic rings. The van der Waals surface area contributed by atoms with Gasteiger partial charge in [-0.2, -0.15) is 0 Å². The molecule has 0 aliphatic heterocycles. The first-order chi connectivity index (χ1) is 8.15. The third-order valence-electron chi connectivity index (χ3n) is 2.15. The average Bonchev–Trinajstić information content (AvgIpc) is 2.73. The van der Waals surface area contributed by atoms with Gasteiger partial charge in [-0.05, 0) is 35.9 Å². The number of benzene rings is 1. The van der Waals surface area contributed by atoms with Gasteiger partial charge >= 0.3 is 0 Å². The van der Waals surface area contributed by atoms with Crippen LogP contribution in [0.1, 0.15) is 11.9 Å². The van der Waals surface area contributed by atoms with Crippen molar-refractivity contribution in [3.8, 4) is 11.5 Å². The van der Waals surface area contributed by atoms with E-state index in [9.17, 15) is 10.2 Å². The van der Waals surface area contributed by atoms with Crippen LogP contribution in [0, 0.1) is 0 Å². The van der Waals surface area contributed by atoms with Gasteiger partial charge in [0.2, 0.25) is 0 Å². The molecule has 2 N–H and O–H groups in total. The zero-order chi connectivity index (χ0) is 12.3. The lowest BCUT2D eigenvalue weighted by atomic mass is 10.3. The van der Waals surface area contributed by atoms with Gasteiger partial charge in [-0.3, -0.25) is 0 Å². The van der Waals surface area contributed by atoms with Crippen LogP contribution in [0.2, 0.25) is 5.22 Å². The van der Waals surface area contributed by atoms with Crippen molar-refractivity contribution < 1.29 is 19.4 Å². The zero-order valence-corrected chi connectivity index (χ0v) is 9.59. The lowest BCUT2D eigenvalue weighted by Gasteiger charge is -2.10. The van der Waals surface area contributed by atoms with Crippen molar-refractivity contribution in [2.75, 3.05) is 6.61 Å². The summed E-state index contributed by atoms with van der Waals surface area (Å²) in [7, 11) is 0. The Morgan fingerprint density at radius 3 is 2.76 bits per heavy atom. The van der Waals surface area contributed by atoms with Crippen LogP contribution >= 0.6 is 11.6 Å². The number of aromatic hydroxyl groups is 1. The first-order valence-electron chi connectivity index (χ1n) is 5.00. The van der Waals surface area contributed by atoms with Crippen LogP contribution in [0.4, 0.5) is 0 Å². The molecular weight excluding hydrogens is 244 g/mol. The first kappa shape index (κ1) is 11.8. The predicted octanol–water partition coefficient (Wildman–Crippen LogP) is 2.75. The van der Waals surface area contributed by atoms with E-state index in [1.165, 1.54) is 12.1 Å². The molecule has 1 heterocycles. The van der Waals surface area contributed by atoms with Gasteiger partial charge in [-0.25, -0.2) is 0 Å². The molecule has 0 saturated carbocycles. The summed E-state index contributed by atoms with van der Waals surface area (Å²) in [6.07, 6.45) is -0.898. The molecule has 4 nitrogen and oxygen atoms in total. The zero-order valence-electron chi connectivity index (χ0n) is 8.84. The van der Waals surface area contributed by atoms with Crippen molar-refractivity contribution in [3.63, 3.8) is 0 Å². The molecule has 0 aliphatic rings. The highest BCUT2D eigenvalue weighted by Crippen LogP contribution is 2.22. The Bertz CT molecular complexity index is 495. The standard InChI is InChI=1S/C12H11ClO4/c13-12-5-4-11(17-12)10(15)7-16-9-3-1-2-8(14)6-9/h1-6,10,14-15H,7H2. The van der Waals surface area contributed by atoms with Crippen molar-refractivity contribution in [3.05, 3.63) is 47.4 Å². The van der Waals surface area contributed by atoms with Crippen LogP contribution in [-0.4, -0.2) is 16.8 Å². The van der Waals surface area contributed by atoms with Crippen LogP contribution in [0.5, 0.6) is 11.5 Å². The summed E-state index contributed by atoms with van der Waals surface area (Å²) in [6, 6.07) is 9.47. The van der Waals surface area contributed by atoms with E-state index in [-0.39, 0.29) is 17.6 Å². The lowest BCUT2D eigenvalue weighted by molar-refractivity contribution is 0.0888. The van der Waals surface area contributed by atoms with Crippen LogP contribution in [0.3, 0.4) is 0 Å². The summed E-state index contributed by atoms with van der Waals surface area (Å²) < 4.78 is 10.3. The fraction of sp³-hybridized carbons (Fsp3) is 0.167. The lowest BCUT2D eigenvalue weighted by Crippen LogP contribution is -2.08. The van der Waals surface area contributed by atoms with Crippen LogP contribution in [-0.2, 0) is 0 Å². The van der Waals surface area contributed by atoms with E-state index in [0.717, 1.165) is 0 Å². The number of phenolic OH excluding ortho intramolecular Hbond substituents is 1. The number of aliphatic hydroxyl groups excluding tert-OH is 1. The number of rotatable bonds is 4. The van der Waals surface area contributed by atoms with Gasteiger partial charge in [-0.1, -0.05) is 6.07 Å². The Morgan fingerprint density at radius 2 is 2.12 bits per heavy atom. The number of hydrogen-bond donors (Lipinski definition) is 2. The Labute approximate surface area is 103 Å². The molecule has 1 aromatic heterocycles. The summed E-state index contributed by atoms with van der Waals surface area (Å²) in [4.78, 5) is 0. The molecule has 0 spiro atoms. The third kappa shape index (κ3) is 3.15. The van der Waals surface area contributed by atoms with Crippen LogP contribution < -0.4 is 4.74 Å². The van der Waals surface area contributed by atoms with E-state index in [0.29, 0.717) is 11.5 Å². The van der Waals surface area contributed by atoms with Gasteiger partial charge in [0, 0.05) is 6.07 Å². The SMILES string of the molecule is Oc1cccc(OCC(O)c2ccc(Cl)o2)c1. The molecule has 2 rings (SSSR count). The molecule has 0 fully saturated rings. The van der Waals surface area contributed by atoms with Crippen molar-refractivity contribution in [1.29, 1.82) is 0 Å². The maximum Gasteiger partial charge on any atom is 0.193 e. The molecule has 1 atom stereocenters. The Kier molecular flexibility index (Phi) is 3.56. The molecule has 5 heteroatoms. The fourth-order valence-corrected chi connectivity index (χ4v) is 1.49. The second-order valence-corrected chi connectivity index (χ2v) is 3.84. The molecule has 0 amide bonds. The van der Waals surface area contributed by atoms with Crippen LogP contribution in [0.15, 0.2) is 40.8 Å². The summed E-state index contributed by atoms with van der Waals surface area (Å²) in [6.45, 7) is 0.0211. The quantitative estimate of drug-likeness (QED) is 0.881. The highest BCUT2D eigenvalue weighted by molar-refractivity contribution is 6.28.